The van der Waals surface area contributed by atoms with Gasteiger partial charge in [0.2, 0.25) is 5.75 Å². The van der Waals surface area contributed by atoms with Crippen molar-refractivity contribution in [3.63, 3.8) is 0 Å². The molecule has 0 saturated carbocycles. The van der Waals surface area contributed by atoms with Crippen molar-refractivity contribution in [2.75, 3.05) is 21.3 Å². The third-order valence-corrected chi connectivity index (χ3v) is 3.31. The minimum Gasteiger partial charge on any atom is -0.493 e. The number of methoxy groups -OCH3 is 3. The number of ether oxygens (including phenoxy) is 3. The Labute approximate surface area is 124 Å². The Kier molecular flexibility index (Phi) is 6.30. The molecular formula is C15H23NO5. The van der Waals surface area contributed by atoms with Crippen molar-refractivity contribution in [2.24, 2.45) is 11.7 Å². The standard InChI is InChI=1S/C15H23NO5/c1-9(8-13(17)18)7-11(16)10-5-6-12(19-2)15(21-4)14(10)20-3/h5-6,9,11H,7-8,16H2,1-4H3,(H,17,18). The van der Waals surface area contributed by atoms with Crippen molar-refractivity contribution in [3.05, 3.63) is 17.7 Å². The van der Waals surface area contributed by atoms with E-state index in [1.165, 1.54) is 14.2 Å². The Morgan fingerprint density at radius 2 is 1.81 bits per heavy atom. The molecule has 0 fully saturated rings. The maximum Gasteiger partial charge on any atom is 0.303 e. The van der Waals surface area contributed by atoms with Gasteiger partial charge in [-0.1, -0.05) is 6.92 Å². The minimum absolute atomic E-state index is 0.0321. The van der Waals surface area contributed by atoms with E-state index in [0.29, 0.717) is 23.7 Å². The number of benzene rings is 1. The zero-order chi connectivity index (χ0) is 16.0. The summed E-state index contributed by atoms with van der Waals surface area (Å²) < 4.78 is 15.9. The summed E-state index contributed by atoms with van der Waals surface area (Å²) in [6.45, 7) is 1.86. The first-order valence-electron chi connectivity index (χ1n) is 6.70. The van der Waals surface area contributed by atoms with Crippen LogP contribution in [-0.4, -0.2) is 32.4 Å². The van der Waals surface area contributed by atoms with Crippen molar-refractivity contribution >= 4 is 5.97 Å². The summed E-state index contributed by atoms with van der Waals surface area (Å²) in [4.78, 5) is 10.7. The topological polar surface area (TPSA) is 91.0 Å². The van der Waals surface area contributed by atoms with Crippen LogP contribution in [0.1, 0.15) is 31.4 Å². The smallest absolute Gasteiger partial charge is 0.303 e. The molecule has 0 spiro atoms. The molecule has 0 aliphatic rings. The molecule has 2 unspecified atom stereocenters. The maximum absolute atomic E-state index is 10.7. The van der Waals surface area contributed by atoms with Crippen LogP contribution in [0.2, 0.25) is 0 Å². The Balaban J connectivity index is 3.03. The number of hydrogen-bond acceptors (Lipinski definition) is 5. The fraction of sp³-hybridized carbons (Fsp3) is 0.533. The van der Waals surface area contributed by atoms with Gasteiger partial charge in [0, 0.05) is 18.0 Å². The molecule has 2 atom stereocenters. The third kappa shape index (κ3) is 4.26. The largest absolute Gasteiger partial charge is 0.493 e. The van der Waals surface area contributed by atoms with Gasteiger partial charge in [0.05, 0.1) is 21.3 Å². The van der Waals surface area contributed by atoms with E-state index in [0.717, 1.165) is 5.56 Å². The molecule has 6 nitrogen and oxygen atoms in total. The van der Waals surface area contributed by atoms with Crippen LogP contribution in [0.25, 0.3) is 0 Å². The highest BCUT2D eigenvalue weighted by Crippen LogP contribution is 2.42. The summed E-state index contributed by atoms with van der Waals surface area (Å²) in [5.74, 6) is 0.707. The van der Waals surface area contributed by atoms with Gasteiger partial charge in [-0.15, -0.1) is 0 Å². The highest BCUT2D eigenvalue weighted by Gasteiger charge is 2.22. The van der Waals surface area contributed by atoms with Crippen molar-refractivity contribution < 1.29 is 24.1 Å². The molecule has 3 N–H and O–H groups in total. The molecule has 21 heavy (non-hydrogen) atoms. The van der Waals surface area contributed by atoms with E-state index in [2.05, 4.69) is 0 Å². The van der Waals surface area contributed by atoms with Crippen molar-refractivity contribution in [1.29, 1.82) is 0 Å². The Morgan fingerprint density at radius 1 is 1.19 bits per heavy atom. The molecule has 0 amide bonds. The zero-order valence-electron chi connectivity index (χ0n) is 12.9. The number of carboxylic acids is 1. The molecule has 0 aromatic heterocycles. The zero-order valence-corrected chi connectivity index (χ0v) is 12.9. The highest BCUT2D eigenvalue weighted by molar-refractivity contribution is 5.67. The fourth-order valence-corrected chi connectivity index (χ4v) is 2.36. The van der Waals surface area contributed by atoms with Gasteiger partial charge in [-0.2, -0.15) is 0 Å². The summed E-state index contributed by atoms with van der Waals surface area (Å²) in [6, 6.07) is 3.24. The Hall–Kier alpha value is -1.95. The predicted molar refractivity (Wildman–Crippen MR) is 79.1 cm³/mol. The van der Waals surface area contributed by atoms with Crippen LogP contribution in [0.4, 0.5) is 0 Å². The van der Waals surface area contributed by atoms with Crippen LogP contribution < -0.4 is 19.9 Å². The van der Waals surface area contributed by atoms with Gasteiger partial charge in [0.15, 0.2) is 11.5 Å². The lowest BCUT2D eigenvalue weighted by molar-refractivity contribution is -0.138. The second-order valence-electron chi connectivity index (χ2n) is 4.97. The lowest BCUT2D eigenvalue weighted by Crippen LogP contribution is -2.17. The van der Waals surface area contributed by atoms with E-state index in [4.69, 9.17) is 25.1 Å². The van der Waals surface area contributed by atoms with Crippen LogP contribution in [-0.2, 0) is 4.79 Å². The molecule has 1 aromatic rings. The first-order chi connectivity index (χ1) is 9.94. The van der Waals surface area contributed by atoms with Gasteiger partial charge >= 0.3 is 5.97 Å². The van der Waals surface area contributed by atoms with Gasteiger partial charge in [0.25, 0.3) is 0 Å². The summed E-state index contributed by atoms with van der Waals surface area (Å²) >= 11 is 0. The van der Waals surface area contributed by atoms with Gasteiger partial charge in [-0.05, 0) is 24.5 Å². The van der Waals surface area contributed by atoms with Crippen molar-refractivity contribution in [1.82, 2.24) is 0 Å². The second kappa shape index (κ2) is 7.73. The van der Waals surface area contributed by atoms with Gasteiger partial charge in [0.1, 0.15) is 0 Å². The van der Waals surface area contributed by atoms with E-state index in [9.17, 15) is 4.79 Å². The molecule has 0 bridgehead atoms. The molecule has 118 valence electrons. The van der Waals surface area contributed by atoms with Gasteiger partial charge < -0.3 is 25.1 Å². The number of carboxylic acid groups (broad SMARTS) is 1. The molecule has 0 saturated heterocycles. The molecular weight excluding hydrogens is 274 g/mol. The number of hydrogen-bond donors (Lipinski definition) is 2. The molecule has 0 radical (unpaired) electrons. The van der Waals surface area contributed by atoms with E-state index in [1.807, 2.05) is 13.0 Å². The third-order valence-electron chi connectivity index (χ3n) is 3.31. The van der Waals surface area contributed by atoms with E-state index in [-0.39, 0.29) is 18.4 Å². The molecule has 0 aliphatic carbocycles. The summed E-state index contributed by atoms with van der Waals surface area (Å²) in [5.41, 5.74) is 6.96. The molecule has 1 rings (SSSR count). The van der Waals surface area contributed by atoms with E-state index >= 15 is 0 Å². The molecule has 6 heteroatoms. The SMILES string of the molecule is COc1ccc(C(N)CC(C)CC(=O)O)c(OC)c1OC. The first kappa shape index (κ1) is 17.1. The lowest BCUT2D eigenvalue weighted by atomic mass is 9.93. The molecule has 0 heterocycles. The monoisotopic (exact) mass is 297 g/mol. The fourth-order valence-electron chi connectivity index (χ4n) is 2.36. The van der Waals surface area contributed by atoms with Crippen molar-refractivity contribution in [2.45, 2.75) is 25.8 Å². The van der Waals surface area contributed by atoms with Crippen molar-refractivity contribution in [3.8, 4) is 17.2 Å². The van der Waals surface area contributed by atoms with Gasteiger partial charge in [-0.25, -0.2) is 0 Å². The van der Waals surface area contributed by atoms with Crippen LogP contribution in [0, 0.1) is 5.92 Å². The second-order valence-corrected chi connectivity index (χ2v) is 4.97. The first-order valence-corrected chi connectivity index (χ1v) is 6.70. The normalized spacial score (nSPS) is 13.4. The number of nitrogens with two attached hydrogens (primary N) is 1. The van der Waals surface area contributed by atoms with E-state index < -0.39 is 5.97 Å². The van der Waals surface area contributed by atoms with Gasteiger partial charge in [-0.3, -0.25) is 4.79 Å². The van der Waals surface area contributed by atoms with Crippen LogP contribution in [0.5, 0.6) is 17.2 Å². The number of carbonyl (C=O) groups is 1. The highest BCUT2D eigenvalue weighted by atomic mass is 16.5. The number of aliphatic carboxylic acids is 1. The maximum atomic E-state index is 10.7. The summed E-state index contributed by atoms with van der Waals surface area (Å²) in [6.07, 6.45) is 0.626. The van der Waals surface area contributed by atoms with Crippen LogP contribution in [0.15, 0.2) is 12.1 Å². The Morgan fingerprint density at radius 3 is 2.29 bits per heavy atom. The quantitative estimate of drug-likeness (QED) is 0.764. The molecule has 0 aliphatic heterocycles. The van der Waals surface area contributed by atoms with E-state index in [1.54, 1.807) is 13.2 Å². The van der Waals surface area contributed by atoms with Crippen LogP contribution in [0.3, 0.4) is 0 Å². The average Bonchev–Trinajstić information content (AvgIpc) is 2.44. The number of rotatable bonds is 8. The summed E-state index contributed by atoms with van der Waals surface area (Å²) in [7, 11) is 4.61. The van der Waals surface area contributed by atoms with Crippen LogP contribution >= 0.6 is 0 Å². The minimum atomic E-state index is -0.825. The summed E-state index contributed by atoms with van der Waals surface area (Å²) in [5, 5.41) is 8.82. The molecule has 1 aromatic carbocycles. The Bertz CT molecular complexity index is 489. The lowest BCUT2D eigenvalue weighted by Gasteiger charge is -2.21. The average molecular weight is 297 g/mol. The predicted octanol–water partition coefficient (Wildman–Crippen LogP) is 2.21.